The van der Waals surface area contributed by atoms with E-state index >= 15 is 0 Å². The van der Waals surface area contributed by atoms with Gasteiger partial charge in [-0.3, -0.25) is 0 Å². The number of hydrogen-bond donors (Lipinski definition) is 0. The quantitative estimate of drug-likeness (QED) is 0.569. The van der Waals surface area contributed by atoms with Gasteiger partial charge in [0.2, 0.25) is 5.90 Å². The van der Waals surface area contributed by atoms with Crippen LogP contribution in [0, 0.1) is 0 Å². The van der Waals surface area contributed by atoms with E-state index in [9.17, 15) is 0 Å². The minimum absolute atomic E-state index is 0.0274. The third-order valence-electron chi connectivity index (χ3n) is 4.62. The molecule has 1 unspecified atom stereocenters. The van der Waals surface area contributed by atoms with E-state index < -0.39 is 0 Å². The Morgan fingerprint density at radius 1 is 0.731 bits per heavy atom. The molecule has 2 nitrogen and oxygen atoms in total. The predicted octanol–water partition coefficient (Wildman–Crippen LogP) is 6.03. The molecule has 0 fully saturated rings. The van der Waals surface area contributed by atoms with Gasteiger partial charge in [0.25, 0.3) is 0 Å². The van der Waals surface area contributed by atoms with Gasteiger partial charge >= 0.3 is 0 Å². The summed E-state index contributed by atoms with van der Waals surface area (Å²) in [5.41, 5.74) is 4.49. The second-order valence-corrected chi connectivity index (χ2v) is 6.29. The van der Waals surface area contributed by atoms with Gasteiger partial charge in [-0.1, -0.05) is 85.8 Å². The van der Waals surface area contributed by atoms with Crippen LogP contribution in [0.25, 0.3) is 5.76 Å². The van der Waals surface area contributed by atoms with Gasteiger partial charge in [0.1, 0.15) is 11.8 Å². The summed E-state index contributed by atoms with van der Waals surface area (Å²) in [4.78, 5) is 4.99. The molecule has 0 aromatic heterocycles. The highest BCUT2D eigenvalue weighted by Crippen LogP contribution is 2.39. The van der Waals surface area contributed by atoms with Crippen molar-refractivity contribution in [2.24, 2.45) is 4.99 Å². The first-order valence-electron chi connectivity index (χ1n) is 9.01. The summed E-state index contributed by atoms with van der Waals surface area (Å²) in [6, 6.07) is 30.9. The Labute approximate surface area is 154 Å². The maximum atomic E-state index is 6.34. The monoisotopic (exact) mass is 339 g/mol. The van der Waals surface area contributed by atoms with Crippen molar-refractivity contribution in [2.75, 3.05) is 0 Å². The molecule has 4 rings (SSSR count). The summed E-state index contributed by atoms with van der Waals surface area (Å²) >= 11 is 0. The first-order chi connectivity index (χ1) is 12.9. The van der Waals surface area contributed by atoms with E-state index in [0.717, 1.165) is 23.3 Å². The van der Waals surface area contributed by atoms with E-state index in [1.54, 1.807) is 0 Å². The summed E-state index contributed by atoms with van der Waals surface area (Å²) in [6.45, 7) is 2.17. The predicted molar refractivity (Wildman–Crippen MR) is 107 cm³/mol. The second-order valence-electron chi connectivity index (χ2n) is 6.29. The average molecular weight is 339 g/mol. The first kappa shape index (κ1) is 16.3. The SMILES string of the molecule is CCC1=C(c2ccccc2)OC(c2ccccc2)=NC1c1ccccc1. The van der Waals surface area contributed by atoms with E-state index in [4.69, 9.17) is 9.73 Å². The molecular weight excluding hydrogens is 318 g/mol. The van der Waals surface area contributed by atoms with Crippen LogP contribution in [0.1, 0.15) is 36.1 Å². The van der Waals surface area contributed by atoms with Crippen molar-refractivity contribution in [1.82, 2.24) is 0 Å². The molecule has 128 valence electrons. The summed E-state index contributed by atoms with van der Waals surface area (Å²) in [5.74, 6) is 1.60. The molecule has 0 N–H and O–H groups in total. The molecule has 0 saturated heterocycles. The number of rotatable bonds is 4. The molecule has 1 aliphatic rings. The summed E-state index contributed by atoms with van der Waals surface area (Å²) in [5, 5.41) is 0. The van der Waals surface area contributed by atoms with Crippen molar-refractivity contribution in [3.63, 3.8) is 0 Å². The maximum Gasteiger partial charge on any atom is 0.222 e. The van der Waals surface area contributed by atoms with Crippen molar-refractivity contribution >= 4 is 11.7 Å². The van der Waals surface area contributed by atoms with Crippen LogP contribution in [-0.2, 0) is 4.74 Å². The van der Waals surface area contributed by atoms with Gasteiger partial charge in [-0.15, -0.1) is 0 Å². The number of ether oxygens (including phenoxy) is 1. The lowest BCUT2D eigenvalue weighted by Crippen LogP contribution is -2.18. The summed E-state index contributed by atoms with van der Waals surface area (Å²) in [7, 11) is 0. The van der Waals surface area contributed by atoms with Crippen molar-refractivity contribution in [3.05, 3.63) is 113 Å². The Hall–Kier alpha value is -3.13. The van der Waals surface area contributed by atoms with Crippen molar-refractivity contribution in [3.8, 4) is 0 Å². The molecule has 3 aromatic rings. The molecule has 1 aliphatic heterocycles. The molecule has 0 aliphatic carbocycles. The minimum atomic E-state index is -0.0274. The fraction of sp³-hybridized carbons (Fsp3) is 0.125. The fourth-order valence-corrected chi connectivity index (χ4v) is 3.32. The van der Waals surface area contributed by atoms with Crippen LogP contribution in [0.3, 0.4) is 0 Å². The van der Waals surface area contributed by atoms with Crippen LogP contribution < -0.4 is 0 Å². The summed E-state index contributed by atoms with van der Waals surface area (Å²) in [6.07, 6.45) is 0.884. The molecule has 0 saturated carbocycles. The smallest absolute Gasteiger partial charge is 0.222 e. The fourth-order valence-electron chi connectivity index (χ4n) is 3.32. The highest BCUT2D eigenvalue weighted by atomic mass is 16.5. The standard InChI is InChI=1S/C24H21NO/c1-2-21-22(18-12-6-3-7-13-18)25-24(20-16-10-5-11-17-20)26-23(21)19-14-8-4-9-15-19/h3-17,22H,2H2,1H3. The number of benzene rings is 3. The van der Waals surface area contributed by atoms with Crippen LogP contribution in [0.15, 0.2) is 102 Å². The van der Waals surface area contributed by atoms with Gasteiger partial charge in [-0.25, -0.2) is 4.99 Å². The molecular formula is C24H21NO. The van der Waals surface area contributed by atoms with Crippen LogP contribution in [0.2, 0.25) is 0 Å². The maximum absolute atomic E-state index is 6.34. The van der Waals surface area contributed by atoms with Gasteiger partial charge < -0.3 is 4.74 Å². The topological polar surface area (TPSA) is 21.6 Å². The van der Waals surface area contributed by atoms with Crippen LogP contribution in [0.4, 0.5) is 0 Å². The van der Waals surface area contributed by atoms with E-state index in [0.29, 0.717) is 5.90 Å². The zero-order chi connectivity index (χ0) is 17.8. The highest BCUT2D eigenvalue weighted by molar-refractivity contribution is 5.99. The molecule has 0 radical (unpaired) electrons. The zero-order valence-electron chi connectivity index (χ0n) is 14.8. The van der Waals surface area contributed by atoms with Gasteiger partial charge in [-0.05, 0) is 24.1 Å². The van der Waals surface area contributed by atoms with E-state index in [-0.39, 0.29) is 6.04 Å². The van der Waals surface area contributed by atoms with Crippen molar-refractivity contribution in [1.29, 1.82) is 0 Å². The third kappa shape index (κ3) is 3.18. The lowest BCUT2D eigenvalue weighted by atomic mass is 9.93. The molecule has 3 aromatic carbocycles. The Bertz CT molecular complexity index is 928. The van der Waals surface area contributed by atoms with Crippen molar-refractivity contribution < 1.29 is 4.74 Å². The minimum Gasteiger partial charge on any atom is -0.438 e. The highest BCUT2D eigenvalue weighted by Gasteiger charge is 2.27. The van der Waals surface area contributed by atoms with E-state index in [2.05, 4.69) is 43.3 Å². The normalized spacial score (nSPS) is 16.8. The second kappa shape index (κ2) is 7.40. The largest absolute Gasteiger partial charge is 0.438 e. The van der Waals surface area contributed by atoms with Crippen LogP contribution in [-0.4, -0.2) is 5.90 Å². The van der Waals surface area contributed by atoms with Gasteiger partial charge in [0.15, 0.2) is 0 Å². The summed E-state index contributed by atoms with van der Waals surface area (Å²) < 4.78 is 6.34. The molecule has 26 heavy (non-hydrogen) atoms. The van der Waals surface area contributed by atoms with E-state index in [1.165, 1.54) is 11.1 Å². The number of aliphatic imine (C=N–C) groups is 1. The van der Waals surface area contributed by atoms with Gasteiger partial charge in [-0.2, -0.15) is 0 Å². The Kier molecular flexibility index (Phi) is 4.65. The lowest BCUT2D eigenvalue weighted by Gasteiger charge is -2.27. The number of nitrogens with zero attached hydrogens (tertiary/aromatic N) is 1. The Morgan fingerprint density at radius 2 is 1.27 bits per heavy atom. The third-order valence-corrected chi connectivity index (χ3v) is 4.62. The van der Waals surface area contributed by atoms with Crippen LogP contribution in [0.5, 0.6) is 0 Å². The van der Waals surface area contributed by atoms with Crippen molar-refractivity contribution in [2.45, 2.75) is 19.4 Å². The molecule has 1 heterocycles. The Balaban J connectivity index is 1.87. The molecule has 2 heteroatoms. The molecule has 0 bridgehead atoms. The molecule has 0 amide bonds. The van der Waals surface area contributed by atoms with E-state index in [1.807, 2.05) is 54.6 Å². The van der Waals surface area contributed by atoms with Gasteiger partial charge in [0, 0.05) is 16.7 Å². The first-order valence-corrected chi connectivity index (χ1v) is 9.01. The molecule has 0 spiro atoms. The average Bonchev–Trinajstić information content (AvgIpc) is 2.74. The number of hydrogen-bond acceptors (Lipinski definition) is 2. The van der Waals surface area contributed by atoms with Gasteiger partial charge in [0.05, 0.1) is 0 Å². The Morgan fingerprint density at radius 3 is 1.85 bits per heavy atom. The van der Waals surface area contributed by atoms with Crippen LogP contribution >= 0.6 is 0 Å². The lowest BCUT2D eigenvalue weighted by molar-refractivity contribution is 0.472. The zero-order valence-corrected chi connectivity index (χ0v) is 14.8. The molecule has 1 atom stereocenters.